The average molecular weight is 182 g/mol. The molecular weight excluding hydrogens is 171 g/mol. The van der Waals surface area contributed by atoms with Crippen molar-refractivity contribution in [2.24, 2.45) is 0 Å². The van der Waals surface area contributed by atoms with Crippen molar-refractivity contribution in [1.29, 1.82) is 0 Å². The Morgan fingerprint density at radius 2 is 2.27 bits per heavy atom. The lowest BCUT2D eigenvalue weighted by Crippen LogP contribution is -1.91. The third kappa shape index (κ3) is 6.06. The van der Waals surface area contributed by atoms with E-state index >= 15 is 0 Å². The van der Waals surface area contributed by atoms with Gasteiger partial charge in [-0.2, -0.15) is 0 Å². The molecule has 0 rings (SSSR count). The van der Waals surface area contributed by atoms with Gasteiger partial charge in [-0.05, 0) is 12.5 Å². The predicted molar refractivity (Wildman–Crippen MR) is 38.5 cm³/mol. The molecular formula is C5H11O5P. The minimum Gasteiger partial charge on any atom is -0.412 e. The molecule has 0 fully saturated rings. The second kappa shape index (κ2) is 5.32. The number of phosphoric acid groups is 1. The first-order valence-corrected chi connectivity index (χ1v) is 4.53. The van der Waals surface area contributed by atoms with E-state index in [9.17, 15) is 4.57 Å². The van der Waals surface area contributed by atoms with Gasteiger partial charge in [-0.15, -0.1) is 0 Å². The summed E-state index contributed by atoms with van der Waals surface area (Å²) in [6.45, 7) is 1.00. The van der Waals surface area contributed by atoms with Gasteiger partial charge in [0, 0.05) is 0 Å². The van der Waals surface area contributed by atoms with Gasteiger partial charge in [-0.1, -0.05) is 6.92 Å². The van der Waals surface area contributed by atoms with E-state index in [0.717, 1.165) is 6.26 Å². The smallest absolute Gasteiger partial charge is 0.412 e. The van der Waals surface area contributed by atoms with E-state index in [-0.39, 0.29) is 0 Å². The van der Waals surface area contributed by atoms with Crippen LogP contribution >= 0.6 is 7.82 Å². The minimum absolute atomic E-state index is 0.694. The fraction of sp³-hybridized carbons (Fsp3) is 0.600. The van der Waals surface area contributed by atoms with Crippen LogP contribution in [0.4, 0.5) is 0 Å². The topological polar surface area (TPSA) is 76.0 Å². The van der Waals surface area contributed by atoms with Crippen molar-refractivity contribution in [3.05, 3.63) is 12.3 Å². The Balaban J connectivity index is 3.72. The van der Waals surface area contributed by atoms with Gasteiger partial charge < -0.3 is 9.63 Å². The van der Waals surface area contributed by atoms with Crippen molar-refractivity contribution in [3.8, 4) is 0 Å². The molecule has 0 aliphatic heterocycles. The van der Waals surface area contributed by atoms with Crippen molar-refractivity contribution in [3.63, 3.8) is 0 Å². The molecule has 1 atom stereocenters. The molecule has 1 unspecified atom stereocenters. The molecule has 11 heavy (non-hydrogen) atoms. The molecule has 0 spiro atoms. The van der Waals surface area contributed by atoms with E-state index in [4.69, 9.17) is 10.00 Å². The first-order chi connectivity index (χ1) is 5.12. The summed E-state index contributed by atoms with van der Waals surface area (Å²) in [7, 11) is -4.06. The van der Waals surface area contributed by atoms with Crippen LogP contribution in [-0.2, 0) is 13.6 Å². The number of rotatable bonds is 5. The van der Waals surface area contributed by atoms with Crippen LogP contribution in [-0.4, -0.2) is 16.8 Å². The molecule has 66 valence electrons. The molecule has 0 heterocycles. The number of phosphoric ester groups is 1. The lowest BCUT2D eigenvalue weighted by Gasteiger charge is -2.06. The van der Waals surface area contributed by atoms with Crippen molar-refractivity contribution in [2.45, 2.75) is 13.3 Å². The zero-order valence-corrected chi connectivity index (χ0v) is 7.03. The summed E-state index contributed by atoms with van der Waals surface area (Å²) >= 11 is 0. The van der Waals surface area contributed by atoms with E-state index in [0.29, 0.717) is 6.42 Å². The van der Waals surface area contributed by atoms with Gasteiger partial charge in [0.2, 0.25) is 0 Å². The monoisotopic (exact) mass is 182 g/mol. The normalized spacial score (nSPS) is 16.6. The number of aliphatic hydroxyl groups is 1. The number of allylic oxidation sites excluding steroid dienone is 1. The fourth-order valence-corrected chi connectivity index (χ4v) is 0.766. The van der Waals surface area contributed by atoms with Gasteiger partial charge in [-0.25, -0.2) is 4.57 Å². The van der Waals surface area contributed by atoms with Crippen LogP contribution in [0.3, 0.4) is 0 Å². The van der Waals surface area contributed by atoms with Gasteiger partial charge in [-0.3, -0.25) is 9.42 Å². The highest BCUT2D eigenvalue weighted by atomic mass is 31.2. The minimum atomic E-state index is -4.06. The Hall–Kier alpha value is -0.350. The summed E-state index contributed by atoms with van der Waals surface area (Å²) in [5, 5.41) is 8.10. The van der Waals surface area contributed by atoms with E-state index in [2.05, 4.69) is 9.05 Å². The van der Waals surface area contributed by atoms with Gasteiger partial charge in [0.25, 0.3) is 0 Å². The summed E-state index contributed by atoms with van der Waals surface area (Å²) < 4.78 is 18.8. The second-order valence-electron chi connectivity index (χ2n) is 1.61. The predicted octanol–water partition coefficient (Wildman–Crippen LogP) is 0.993. The third-order valence-corrected chi connectivity index (χ3v) is 1.58. The largest absolute Gasteiger partial charge is 0.528 e. The zero-order chi connectivity index (χ0) is 8.74. The maximum atomic E-state index is 10.6. The fourth-order valence-electron chi connectivity index (χ4n) is 0.320. The molecule has 0 aromatic heterocycles. The maximum Gasteiger partial charge on any atom is 0.528 e. The summed E-state index contributed by atoms with van der Waals surface area (Å²) in [6.07, 6.45) is 3.30. The highest BCUT2D eigenvalue weighted by Crippen LogP contribution is 2.42. The van der Waals surface area contributed by atoms with Gasteiger partial charge in [0.05, 0.1) is 6.26 Å². The zero-order valence-electron chi connectivity index (χ0n) is 6.14. The molecule has 0 bridgehead atoms. The van der Waals surface area contributed by atoms with Crippen LogP contribution in [0.15, 0.2) is 12.3 Å². The molecule has 0 aromatic rings. The number of aliphatic hydroxyl groups excluding tert-OH is 1. The SMILES string of the molecule is CCC=COP(=O)(O)OCO. The summed E-state index contributed by atoms with van der Waals surface area (Å²) in [5.41, 5.74) is 0. The molecule has 0 saturated carbocycles. The molecule has 0 aliphatic rings. The highest BCUT2D eigenvalue weighted by molar-refractivity contribution is 7.47. The third-order valence-electron chi connectivity index (χ3n) is 0.747. The van der Waals surface area contributed by atoms with Crippen molar-refractivity contribution in [2.75, 3.05) is 6.79 Å². The molecule has 2 N–H and O–H groups in total. The van der Waals surface area contributed by atoms with Crippen LogP contribution < -0.4 is 0 Å². The Morgan fingerprint density at radius 3 is 2.73 bits per heavy atom. The Morgan fingerprint density at radius 1 is 1.64 bits per heavy atom. The van der Waals surface area contributed by atoms with Gasteiger partial charge in [0.1, 0.15) is 0 Å². The molecule has 0 aromatic carbocycles. The molecule has 6 heteroatoms. The van der Waals surface area contributed by atoms with Gasteiger partial charge in [0.15, 0.2) is 6.79 Å². The number of hydrogen-bond acceptors (Lipinski definition) is 4. The van der Waals surface area contributed by atoms with Crippen molar-refractivity contribution >= 4 is 7.82 Å². The Bertz CT molecular complexity index is 166. The van der Waals surface area contributed by atoms with Crippen LogP contribution in [0.5, 0.6) is 0 Å². The highest BCUT2D eigenvalue weighted by Gasteiger charge is 2.19. The molecule has 0 saturated heterocycles. The first-order valence-electron chi connectivity index (χ1n) is 3.04. The summed E-state index contributed by atoms with van der Waals surface area (Å²) in [4.78, 5) is 8.64. The Labute approximate surface area is 64.9 Å². The first kappa shape index (κ1) is 10.7. The van der Waals surface area contributed by atoms with Gasteiger partial charge >= 0.3 is 7.82 Å². The van der Waals surface area contributed by atoms with E-state index in [1.807, 2.05) is 6.92 Å². The second-order valence-corrected chi connectivity index (χ2v) is 3.02. The van der Waals surface area contributed by atoms with Crippen LogP contribution in [0, 0.1) is 0 Å². The van der Waals surface area contributed by atoms with E-state index in [1.165, 1.54) is 0 Å². The lowest BCUT2D eigenvalue weighted by molar-refractivity contribution is 0.0634. The quantitative estimate of drug-likeness (QED) is 0.376. The summed E-state index contributed by atoms with van der Waals surface area (Å²) in [6, 6.07) is 0. The molecule has 0 aliphatic carbocycles. The lowest BCUT2D eigenvalue weighted by atomic mass is 10.5. The molecule has 0 amide bonds. The van der Waals surface area contributed by atoms with Crippen molar-refractivity contribution < 1.29 is 23.6 Å². The summed E-state index contributed by atoms with van der Waals surface area (Å²) in [5.74, 6) is 0. The standard InChI is InChI=1S/C5H11O5P/c1-2-3-4-9-11(7,8)10-5-6/h3-4,6H,2,5H2,1H3,(H,7,8). The Kier molecular flexibility index (Phi) is 5.15. The number of hydrogen-bond donors (Lipinski definition) is 2. The van der Waals surface area contributed by atoms with Crippen LogP contribution in [0.1, 0.15) is 13.3 Å². The van der Waals surface area contributed by atoms with Crippen molar-refractivity contribution in [1.82, 2.24) is 0 Å². The van der Waals surface area contributed by atoms with E-state index in [1.54, 1.807) is 6.08 Å². The average Bonchev–Trinajstić information content (AvgIpc) is 1.87. The maximum absolute atomic E-state index is 10.6. The molecule has 0 radical (unpaired) electrons. The molecule has 5 nitrogen and oxygen atoms in total. The van der Waals surface area contributed by atoms with E-state index < -0.39 is 14.6 Å². The van der Waals surface area contributed by atoms with Crippen LogP contribution in [0.25, 0.3) is 0 Å². The van der Waals surface area contributed by atoms with Crippen LogP contribution in [0.2, 0.25) is 0 Å².